The molecule has 0 aliphatic heterocycles. The second kappa shape index (κ2) is 32.3. The monoisotopic (exact) mass is 613 g/mol. The van der Waals surface area contributed by atoms with Gasteiger partial charge in [0.05, 0.1) is 13.7 Å². The molecule has 43 heavy (non-hydrogen) atoms. The van der Waals surface area contributed by atoms with E-state index in [4.69, 9.17) is 9.47 Å². The predicted octanol–water partition coefficient (Wildman–Crippen LogP) is 9.69. The van der Waals surface area contributed by atoms with Crippen molar-refractivity contribution in [1.29, 1.82) is 0 Å². The lowest BCUT2D eigenvalue weighted by Gasteiger charge is -2.33. The number of unbranched alkanes of at least 4 members (excludes halogenated alkanes) is 22. The van der Waals surface area contributed by atoms with E-state index in [1.54, 1.807) is 0 Å². The van der Waals surface area contributed by atoms with Gasteiger partial charge in [0.15, 0.2) is 0 Å². The van der Waals surface area contributed by atoms with E-state index >= 15 is 0 Å². The van der Waals surface area contributed by atoms with Crippen molar-refractivity contribution in [2.24, 2.45) is 0 Å². The van der Waals surface area contributed by atoms with Gasteiger partial charge in [0.1, 0.15) is 32.8 Å². The predicted molar refractivity (Wildman–Crippen MR) is 181 cm³/mol. The van der Waals surface area contributed by atoms with Gasteiger partial charge in [-0.3, -0.25) is 9.59 Å². The van der Waals surface area contributed by atoms with Crippen LogP contribution in [0.25, 0.3) is 0 Å². The fraction of sp³-hybridized carbons (Fsp3) is 0.946. The molecule has 0 rings (SSSR count). The van der Waals surface area contributed by atoms with Crippen molar-refractivity contribution < 1.29 is 28.7 Å². The Kier molecular flexibility index (Phi) is 31.4. The minimum atomic E-state index is -0.128. The number of ether oxygens (including phenoxy) is 2. The Hall–Kier alpha value is -1.14. The average molecular weight is 613 g/mol. The number of esters is 2. The number of aliphatic hydroxyl groups is 1. The standard InChI is InChI=1S/C37H74NO5/c1-4-6-8-10-12-14-16-18-20-22-24-26-28-36(40)42-34-31-38(3,30-33-39)32-35-43-37(41)29-27-25-23-21-19-17-15-13-11-9-7-5-2/h39H,4-35H2,1-3H3/q+1. The molecule has 256 valence electrons. The molecule has 0 bridgehead atoms. The van der Waals surface area contributed by atoms with E-state index in [1.165, 1.54) is 128 Å². The quantitative estimate of drug-likeness (QED) is 0.0445. The van der Waals surface area contributed by atoms with Gasteiger partial charge >= 0.3 is 11.9 Å². The van der Waals surface area contributed by atoms with Crippen LogP contribution in [0.1, 0.15) is 181 Å². The summed E-state index contributed by atoms with van der Waals surface area (Å²) in [5.41, 5.74) is 0. The van der Waals surface area contributed by atoms with Crippen LogP contribution in [0.5, 0.6) is 0 Å². The zero-order valence-corrected chi connectivity index (χ0v) is 29.2. The van der Waals surface area contributed by atoms with Crippen molar-refractivity contribution in [2.75, 3.05) is 46.5 Å². The summed E-state index contributed by atoms with van der Waals surface area (Å²) in [6, 6.07) is 0. The highest BCUT2D eigenvalue weighted by Gasteiger charge is 2.22. The van der Waals surface area contributed by atoms with Gasteiger partial charge in [0, 0.05) is 12.8 Å². The zero-order valence-electron chi connectivity index (χ0n) is 29.2. The minimum absolute atomic E-state index is 0.0517. The largest absolute Gasteiger partial charge is 0.460 e. The summed E-state index contributed by atoms with van der Waals surface area (Å²) < 4.78 is 11.5. The first kappa shape index (κ1) is 41.9. The molecule has 0 saturated heterocycles. The summed E-state index contributed by atoms with van der Waals surface area (Å²) in [6.45, 7) is 7.01. The van der Waals surface area contributed by atoms with E-state index in [0.717, 1.165) is 25.7 Å². The number of hydrogen-bond donors (Lipinski definition) is 1. The van der Waals surface area contributed by atoms with Crippen molar-refractivity contribution in [3.63, 3.8) is 0 Å². The van der Waals surface area contributed by atoms with Crippen molar-refractivity contribution in [3.05, 3.63) is 0 Å². The molecule has 0 aliphatic carbocycles. The van der Waals surface area contributed by atoms with Crippen LogP contribution in [0.15, 0.2) is 0 Å². The molecule has 0 fully saturated rings. The molecule has 6 nitrogen and oxygen atoms in total. The molecule has 0 spiro atoms. The summed E-state index contributed by atoms with van der Waals surface area (Å²) in [5, 5.41) is 9.54. The molecule has 6 heteroatoms. The third-order valence-electron chi connectivity index (χ3n) is 8.90. The van der Waals surface area contributed by atoms with E-state index in [0.29, 0.717) is 50.2 Å². The Bertz CT molecular complexity index is 566. The number of quaternary nitrogens is 1. The van der Waals surface area contributed by atoms with Crippen LogP contribution < -0.4 is 0 Å². The summed E-state index contributed by atoms with van der Waals surface area (Å²) in [6.07, 6.45) is 31.6. The van der Waals surface area contributed by atoms with Gasteiger partial charge in [0.2, 0.25) is 0 Å². The summed E-state index contributed by atoms with van der Waals surface area (Å²) in [7, 11) is 2.02. The summed E-state index contributed by atoms with van der Waals surface area (Å²) in [4.78, 5) is 24.4. The van der Waals surface area contributed by atoms with Crippen LogP contribution in [-0.2, 0) is 19.1 Å². The van der Waals surface area contributed by atoms with Crippen LogP contribution in [0.2, 0.25) is 0 Å². The first-order chi connectivity index (χ1) is 21.0. The Morgan fingerprint density at radius 2 is 0.744 bits per heavy atom. The van der Waals surface area contributed by atoms with Gasteiger partial charge in [-0.1, -0.05) is 155 Å². The lowest BCUT2D eigenvalue weighted by atomic mass is 10.0. The van der Waals surface area contributed by atoms with Crippen LogP contribution in [0, 0.1) is 0 Å². The molecule has 0 saturated carbocycles. The van der Waals surface area contributed by atoms with Gasteiger partial charge in [-0.15, -0.1) is 0 Å². The lowest BCUT2D eigenvalue weighted by Crippen LogP contribution is -2.50. The number of rotatable bonds is 34. The molecule has 0 atom stereocenters. The lowest BCUT2D eigenvalue weighted by molar-refractivity contribution is -0.910. The first-order valence-corrected chi connectivity index (χ1v) is 18.7. The molecule has 0 unspecified atom stereocenters. The van der Waals surface area contributed by atoms with Crippen molar-refractivity contribution in [3.8, 4) is 0 Å². The number of nitrogens with zero attached hydrogens (tertiary/aromatic N) is 1. The van der Waals surface area contributed by atoms with E-state index in [1.807, 2.05) is 7.05 Å². The number of aliphatic hydroxyl groups excluding tert-OH is 1. The van der Waals surface area contributed by atoms with Gasteiger partial charge in [-0.05, 0) is 12.8 Å². The highest BCUT2D eigenvalue weighted by atomic mass is 16.5. The molecule has 1 N–H and O–H groups in total. The SMILES string of the molecule is CCCCCCCCCCCCCCC(=O)OCC[N+](C)(CCO)CCOC(=O)CCCCCCCCCCCCCC. The molecule has 0 radical (unpaired) electrons. The second-order valence-corrected chi connectivity index (χ2v) is 13.2. The highest BCUT2D eigenvalue weighted by Crippen LogP contribution is 2.14. The minimum Gasteiger partial charge on any atom is -0.460 e. The molecule has 0 aliphatic rings. The fourth-order valence-corrected chi connectivity index (χ4v) is 5.70. The summed E-state index contributed by atoms with van der Waals surface area (Å²) in [5.74, 6) is -0.257. The molecule has 0 aromatic rings. The number of likely N-dealkylation sites (N-methyl/N-ethyl adjacent to an activating group) is 1. The average Bonchev–Trinajstić information content (AvgIpc) is 2.98. The van der Waals surface area contributed by atoms with Crippen LogP contribution in [0.3, 0.4) is 0 Å². The summed E-state index contributed by atoms with van der Waals surface area (Å²) >= 11 is 0. The Labute approximate surface area is 267 Å². The third kappa shape index (κ3) is 30.7. The van der Waals surface area contributed by atoms with Gasteiger partial charge in [-0.25, -0.2) is 0 Å². The van der Waals surface area contributed by atoms with Crippen molar-refractivity contribution >= 4 is 11.9 Å². The van der Waals surface area contributed by atoms with Crippen molar-refractivity contribution in [1.82, 2.24) is 0 Å². The van der Waals surface area contributed by atoms with Crippen LogP contribution in [0.4, 0.5) is 0 Å². The molecular formula is C37H74NO5+. The van der Waals surface area contributed by atoms with Crippen molar-refractivity contribution in [2.45, 2.75) is 181 Å². The maximum Gasteiger partial charge on any atom is 0.305 e. The number of carbonyl (C=O) groups is 2. The van der Waals surface area contributed by atoms with Gasteiger partial charge in [0.25, 0.3) is 0 Å². The van der Waals surface area contributed by atoms with E-state index in [-0.39, 0.29) is 18.5 Å². The second-order valence-electron chi connectivity index (χ2n) is 13.2. The maximum atomic E-state index is 12.2. The van der Waals surface area contributed by atoms with E-state index in [9.17, 15) is 14.7 Å². The Balaban J connectivity index is 3.75. The molecule has 0 heterocycles. The topological polar surface area (TPSA) is 72.8 Å². The zero-order chi connectivity index (χ0) is 31.7. The van der Waals surface area contributed by atoms with Crippen LogP contribution >= 0.6 is 0 Å². The molecule has 0 aromatic carbocycles. The van der Waals surface area contributed by atoms with Gasteiger partial charge in [-0.2, -0.15) is 0 Å². The van der Waals surface area contributed by atoms with Crippen LogP contribution in [-0.4, -0.2) is 68.0 Å². The molecule has 0 aromatic heterocycles. The Morgan fingerprint density at radius 1 is 0.465 bits per heavy atom. The number of carbonyl (C=O) groups excluding carboxylic acids is 2. The first-order valence-electron chi connectivity index (χ1n) is 18.7. The normalized spacial score (nSPS) is 11.6. The smallest absolute Gasteiger partial charge is 0.305 e. The van der Waals surface area contributed by atoms with Gasteiger partial charge < -0.3 is 19.1 Å². The molecular weight excluding hydrogens is 538 g/mol. The number of hydrogen-bond acceptors (Lipinski definition) is 5. The van der Waals surface area contributed by atoms with E-state index < -0.39 is 0 Å². The highest BCUT2D eigenvalue weighted by molar-refractivity contribution is 5.69. The van der Waals surface area contributed by atoms with E-state index in [2.05, 4.69) is 13.8 Å². The molecule has 0 amide bonds. The fourth-order valence-electron chi connectivity index (χ4n) is 5.70. The Morgan fingerprint density at radius 3 is 1.02 bits per heavy atom. The maximum absolute atomic E-state index is 12.2. The third-order valence-corrected chi connectivity index (χ3v) is 8.90.